The van der Waals surface area contributed by atoms with Crippen LogP contribution in [0, 0.1) is 5.82 Å². The third-order valence-electron chi connectivity index (χ3n) is 1.56. The van der Waals surface area contributed by atoms with Crippen LogP contribution in [-0.2, 0) is 0 Å². The summed E-state index contributed by atoms with van der Waals surface area (Å²) in [6, 6.07) is 5.86. The molecule has 1 aromatic carbocycles. The molecule has 84 valence electrons. The predicted octanol–water partition coefficient (Wildman–Crippen LogP) is 3.49. The lowest BCUT2D eigenvalue weighted by molar-refractivity contribution is -0.0327. The minimum atomic E-state index is -4.23. The third kappa shape index (κ3) is 4.92. The average Bonchev–Trinajstić information content (AvgIpc) is 2.13. The van der Waals surface area contributed by atoms with Gasteiger partial charge in [-0.2, -0.15) is 13.2 Å². The van der Waals surface area contributed by atoms with Gasteiger partial charge in [-0.15, -0.1) is 0 Å². The molecule has 15 heavy (non-hydrogen) atoms. The van der Waals surface area contributed by atoms with E-state index in [4.69, 9.17) is 0 Å². The number of hydrogen-bond donors (Lipinski definition) is 1. The molecule has 1 rings (SSSR count). The molecule has 0 aliphatic heterocycles. The van der Waals surface area contributed by atoms with E-state index in [0.717, 1.165) is 0 Å². The Labute approximate surface area is 88.9 Å². The Balaban J connectivity index is 2.30. The first-order valence-electron chi connectivity index (χ1n) is 4.18. The summed E-state index contributed by atoms with van der Waals surface area (Å²) in [5.41, 5.74) is -4.00. The van der Waals surface area contributed by atoms with Gasteiger partial charge in [-0.05, 0) is 23.9 Å². The maximum Gasteiger partial charge on any atom is 0.441 e. The zero-order chi connectivity index (χ0) is 11.3. The number of thioether (sulfide) groups is 1. The van der Waals surface area contributed by atoms with Crippen LogP contribution in [0.1, 0.15) is 0 Å². The van der Waals surface area contributed by atoms with Gasteiger partial charge in [0.1, 0.15) is 5.82 Å². The number of para-hydroxylation sites is 1. The topological polar surface area (TPSA) is 12.0 Å². The van der Waals surface area contributed by atoms with Gasteiger partial charge in [0.05, 0.1) is 5.69 Å². The van der Waals surface area contributed by atoms with Crippen molar-refractivity contribution in [2.75, 3.05) is 17.6 Å². The molecule has 0 saturated heterocycles. The van der Waals surface area contributed by atoms with Crippen LogP contribution in [0.4, 0.5) is 23.2 Å². The summed E-state index contributed by atoms with van der Waals surface area (Å²) < 4.78 is 48.1. The van der Waals surface area contributed by atoms with Gasteiger partial charge in [-0.3, -0.25) is 0 Å². The summed E-state index contributed by atoms with van der Waals surface area (Å²) in [6.07, 6.45) is 0. The Kier molecular flexibility index (Phi) is 4.26. The fraction of sp³-hybridized carbons (Fsp3) is 0.333. The zero-order valence-corrected chi connectivity index (χ0v) is 8.46. The number of hydrogen-bond acceptors (Lipinski definition) is 2. The fourth-order valence-electron chi connectivity index (χ4n) is 0.957. The van der Waals surface area contributed by atoms with Crippen molar-refractivity contribution in [2.24, 2.45) is 0 Å². The smallest absolute Gasteiger partial charge is 0.382 e. The monoisotopic (exact) mass is 239 g/mol. The van der Waals surface area contributed by atoms with Gasteiger partial charge in [0, 0.05) is 12.3 Å². The molecule has 0 spiro atoms. The molecule has 0 bridgehead atoms. The molecule has 0 atom stereocenters. The van der Waals surface area contributed by atoms with E-state index in [1.807, 2.05) is 0 Å². The second-order valence-electron chi connectivity index (χ2n) is 2.70. The van der Waals surface area contributed by atoms with Crippen LogP contribution in [0.2, 0.25) is 0 Å². The molecule has 1 aromatic rings. The first-order valence-corrected chi connectivity index (χ1v) is 5.17. The van der Waals surface area contributed by atoms with Gasteiger partial charge in [0.15, 0.2) is 0 Å². The highest BCUT2D eigenvalue weighted by molar-refractivity contribution is 8.00. The maximum atomic E-state index is 13.0. The number of anilines is 1. The van der Waals surface area contributed by atoms with Crippen molar-refractivity contribution in [2.45, 2.75) is 5.51 Å². The van der Waals surface area contributed by atoms with Gasteiger partial charge in [0.25, 0.3) is 0 Å². The number of benzene rings is 1. The van der Waals surface area contributed by atoms with Crippen molar-refractivity contribution in [1.29, 1.82) is 0 Å². The number of halogens is 4. The lowest BCUT2D eigenvalue weighted by Crippen LogP contribution is -2.10. The van der Waals surface area contributed by atoms with E-state index in [1.165, 1.54) is 18.2 Å². The first-order chi connectivity index (χ1) is 6.99. The highest BCUT2D eigenvalue weighted by Gasteiger charge is 2.27. The minimum absolute atomic E-state index is 0.0745. The summed E-state index contributed by atoms with van der Waals surface area (Å²) in [6.45, 7) is 0.0745. The van der Waals surface area contributed by atoms with Crippen LogP contribution in [0.3, 0.4) is 0 Å². The van der Waals surface area contributed by atoms with E-state index < -0.39 is 11.3 Å². The van der Waals surface area contributed by atoms with Gasteiger partial charge in [0.2, 0.25) is 0 Å². The van der Waals surface area contributed by atoms with Crippen LogP contribution in [0.15, 0.2) is 24.3 Å². The van der Waals surface area contributed by atoms with Crippen molar-refractivity contribution in [1.82, 2.24) is 0 Å². The molecule has 6 heteroatoms. The molecule has 0 heterocycles. The summed E-state index contributed by atoms with van der Waals surface area (Å²) in [7, 11) is 0. The molecule has 0 aliphatic carbocycles. The SMILES string of the molecule is Fc1ccccc1NCCSC(F)(F)F. The van der Waals surface area contributed by atoms with Crippen LogP contribution in [-0.4, -0.2) is 17.8 Å². The van der Waals surface area contributed by atoms with E-state index in [1.54, 1.807) is 6.07 Å². The van der Waals surface area contributed by atoms with Crippen molar-refractivity contribution in [3.8, 4) is 0 Å². The first kappa shape index (κ1) is 12.2. The average molecular weight is 239 g/mol. The molecule has 0 unspecified atom stereocenters. The Morgan fingerprint density at radius 3 is 2.47 bits per heavy atom. The van der Waals surface area contributed by atoms with Gasteiger partial charge < -0.3 is 5.32 Å². The molecule has 0 aliphatic rings. The largest absolute Gasteiger partial charge is 0.441 e. The molecule has 0 saturated carbocycles. The van der Waals surface area contributed by atoms with Gasteiger partial charge in [-0.25, -0.2) is 4.39 Å². The summed E-state index contributed by atoms with van der Waals surface area (Å²) in [5.74, 6) is -0.604. The third-order valence-corrected chi connectivity index (χ3v) is 2.29. The molecule has 0 aromatic heterocycles. The normalized spacial score (nSPS) is 11.5. The molecular formula is C9H9F4NS. The minimum Gasteiger partial charge on any atom is -0.382 e. The second-order valence-corrected chi connectivity index (χ2v) is 3.86. The molecule has 1 nitrogen and oxygen atoms in total. The lowest BCUT2D eigenvalue weighted by atomic mass is 10.3. The van der Waals surface area contributed by atoms with Crippen molar-refractivity contribution < 1.29 is 17.6 Å². The fourth-order valence-corrected chi connectivity index (χ4v) is 1.39. The Bertz CT molecular complexity index is 313. The van der Waals surface area contributed by atoms with E-state index >= 15 is 0 Å². The standard InChI is InChI=1S/C9H9F4NS/c10-7-3-1-2-4-8(7)14-5-6-15-9(11,12)13/h1-4,14H,5-6H2. The van der Waals surface area contributed by atoms with Crippen LogP contribution in [0.5, 0.6) is 0 Å². The molecule has 0 radical (unpaired) electrons. The van der Waals surface area contributed by atoms with E-state index in [0.29, 0.717) is 0 Å². The van der Waals surface area contributed by atoms with Crippen molar-refractivity contribution in [3.63, 3.8) is 0 Å². The van der Waals surface area contributed by atoms with Crippen LogP contribution < -0.4 is 5.32 Å². The number of nitrogens with one attached hydrogen (secondary N) is 1. The van der Waals surface area contributed by atoms with E-state index in [-0.39, 0.29) is 29.7 Å². The molecule has 1 N–H and O–H groups in total. The van der Waals surface area contributed by atoms with Crippen LogP contribution >= 0.6 is 11.8 Å². The summed E-state index contributed by atoms with van der Waals surface area (Å²) in [5, 5.41) is 2.59. The summed E-state index contributed by atoms with van der Waals surface area (Å²) >= 11 is -0.126. The van der Waals surface area contributed by atoms with Gasteiger partial charge in [-0.1, -0.05) is 12.1 Å². The lowest BCUT2D eigenvalue weighted by Gasteiger charge is -2.08. The van der Waals surface area contributed by atoms with E-state index in [2.05, 4.69) is 5.32 Å². The number of rotatable bonds is 4. The van der Waals surface area contributed by atoms with E-state index in [9.17, 15) is 17.6 Å². The highest BCUT2D eigenvalue weighted by atomic mass is 32.2. The molecule has 0 amide bonds. The van der Waals surface area contributed by atoms with Crippen molar-refractivity contribution in [3.05, 3.63) is 30.1 Å². The Hall–Kier alpha value is -0.910. The maximum absolute atomic E-state index is 13.0. The molecule has 0 fully saturated rings. The van der Waals surface area contributed by atoms with Gasteiger partial charge >= 0.3 is 5.51 Å². The quantitative estimate of drug-likeness (QED) is 0.637. The Morgan fingerprint density at radius 2 is 1.87 bits per heavy atom. The van der Waals surface area contributed by atoms with Crippen LogP contribution in [0.25, 0.3) is 0 Å². The summed E-state index contributed by atoms with van der Waals surface area (Å²) in [4.78, 5) is 0. The zero-order valence-electron chi connectivity index (χ0n) is 7.64. The second kappa shape index (κ2) is 5.25. The number of alkyl halides is 3. The van der Waals surface area contributed by atoms with Crippen molar-refractivity contribution >= 4 is 17.4 Å². The Morgan fingerprint density at radius 1 is 1.20 bits per heavy atom. The predicted molar refractivity (Wildman–Crippen MR) is 53.4 cm³/mol. The molecular weight excluding hydrogens is 230 g/mol. The highest BCUT2D eigenvalue weighted by Crippen LogP contribution is 2.29.